The summed E-state index contributed by atoms with van der Waals surface area (Å²) >= 11 is 1.30. The van der Waals surface area contributed by atoms with E-state index in [1.165, 1.54) is 11.3 Å². The Bertz CT molecular complexity index is 1060. The van der Waals surface area contributed by atoms with Crippen LogP contribution < -0.4 is 16.0 Å². The number of rotatable bonds is 8. The molecule has 1 aromatic heterocycles. The summed E-state index contributed by atoms with van der Waals surface area (Å²) in [5.41, 5.74) is 2.63. The molecule has 0 aliphatic carbocycles. The number of anilines is 2. The number of hydrogen-bond donors (Lipinski definition) is 3. The molecular weight excluding hydrogens is 396 g/mol. The zero-order valence-electron chi connectivity index (χ0n) is 16.5. The number of benzene rings is 2. The molecule has 0 bridgehead atoms. The van der Waals surface area contributed by atoms with Crippen molar-refractivity contribution in [1.29, 1.82) is 5.26 Å². The van der Waals surface area contributed by atoms with E-state index < -0.39 is 6.04 Å². The zero-order chi connectivity index (χ0) is 21.3. The van der Waals surface area contributed by atoms with E-state index in [2.05, 4.69) is 16.0 Å². The number of nitrogens with one attached hydrogen (secondary N) is 3. The molecule has 0 saturated heterocycles. The number of hydrogen-bond acceptors (Lipinski definition) is 5. The summed E-state index contributed by atoms with van der Waals surface area (Å²) in [7, 11) is 0. The van der Waals surface area contributed by atoms with Crippen molar-refractivity contribution in [3.63, 3.8) is 0 Å². The predicted octanol–water partition coefficient (Wildman–Crippen LogP) is 4.03. The second kappa shape index (κ2) is 10.2. The highest BCUT2D eigenvalue weighted by molar-refractivity contribution is 7.14. The van der Waals surface area contributed by atoms with E-state index in [0.717, 1.165) is 12.0 Å². The van der Waals surface area contributed by atoms with Crippen molar-refractivity contribution in [3.8, 4) is 6.07 Å². The molecule has 0 aliphatic rings. The number of carbonyl (C=O) groups excluding carboxylic acids is 2. The molecule has 152 valence electrons. The van der Waals surface area contributed by atoms with E-state index in [-0.39, 0.29) is 11.8 Å². The van der Waals surface area contributed by atoms with Crippen LogP contribution in [0.5, 0.6) is 0 Å². The Morgan fingerprint density at radius 1 is 1.07 bits per heavy atom. The topological polar surface area (TPSA) is 94.0 Å². The number of para-hydroxylation sites is 1. The van der Waals surface area contributed by atoms with Gasteiger partial charge in [0.2, 0.25) is 5.91 Å². The van der Waals surface area contributed by atoms with Gasteiger partial charge in [-0.25, -0.2) is 0 Å². The smallest absolute Gasteiger partial charge is 0.253 e. The molecule has 1 heterocycles. The first-order valence-electron chi connectivity index (χ1n) is 9.54. The predicted molar refractivity (Wildman–Crippen MR) is 120 cm³/mol. The molecule has 0 aliphatic heterocycles. The van der Waals surface area contributed by atoms with Gasteiger partial charge in [0.15, 0.2) is 0 Å². The molecule has 7 heteroatoms. The largest absolute Gasteiger partial charge is 0.373 e. The van der Waals surface area contributed by atoms with Crippen LogP contribution in [0.4, 0.5) is 10.7 Å². The molecule has 3 rings (SSSR count). The number of nitriles is 1. The van der Waals surface area contributed by atoms with Gasteiger partial charge in [-0.15, -0.1) is 11.3 Å². The number of amides is 2. The van der Waals surface area contributed by atoms with Gasteiger partial charge in [-0.3, -0.25) is 9.59 Å². The fourth-order valence-corrected chi connectivity index (χ4v) is 3.62. The molecule has 0 fully saturated rings. The lowest BCUT2D eigenvalue weighted by molar-refractivity contribution is -0.116. The van der Waals surface area contributed by atoms with Crippen LogP contribution >= 0.6 is 11.3 Å². The van der Waals surface area contributed by atoms with Crippen molar-refractivity contribution in [2.24, 2.45) is 0 Å². The van der Waals surface area contributed by atoms with Crippen LogP contribution in [0, 0.1) is 11.3 Å². The minimum atomic E-state index is -0.600. The Hall–Kier alpha value is -3.63. The van der Waals surface area contributed by atoms with Gasteiger partial charge in [0.1, 0.15) is 17.1 Å². The fourth-order valence-electron chi connectivity index (χ4n) is 2.88. The van der Waals surface area contributed by atoms with Gasteiger partial charge in [-0.1, -0.05) is 42.5 Å². The van der Waals surface area contributed by atoms with E-state index in [9.17, 15) is 9.59 Å². The second-order valence-corrected chi connectivity index (χ2v) is 7.58. The van der Waals surface area contributed by atoms with E-state index in [4.69, 9.17) is 5.26 Å². The molecule has 2 aromatic carbocycles. The molecule has 1 atom stereocenters. The molecule has 1 unspecified atom stereocenters. The van der Waals surface area contributed by atoms with Gasteiger partial charge in [0.25, 0.3) is 5.91 Å². The second-order valence-electron chi connectivity index (χ2n) is 6.67. The minimum absolute atomic E-state index is 0.202. The van der Waals surface area contributed by atoms with Gasteiger partial charge >= 0.3 is 0 Å². The van der Waals surface area contributed by atoms with Gasteiger partial charge in [-0.05, 0) is 42.5 Å². The van der Waals surface area contributed by atoms with Crippen LogP contribution in [0.25, 0.3) is 0 Å². The summed E-state index contributed by atoms with van der Waals surface area (Å²) in [4.78, 5) is 25.2. The van der Waals surface area contributed by atoms with Crippen molar-refractivity contribution < 1.29 is 9.59 Å². The quantitative estimate of drug-likeness (QED) is 0.515. The highest BCUT2D eigenvalue weighted by atomic mass is 32.1. The van der Waals surface area contributed by atoms with Crippen molar-refractivity contribution in [2.45, 2.75) is 19.4 Å². The first kappa shape index (κ1) is 21.1. The summed E-state index contributed by atoms with van der Waals surface area (Å²) in [5, 5.41) is 20.1. The zero-order valence-corrected chi connectivity index (χ0v) is 17.3. The maximum absolute atomic E-state index is 12.7. The number of nitrogens with zero attached hydrogens (tertiary/aromatic N) is 1. The van der Waals surface area contributed by atoms with Crippen LogP contribution in [0.1, 0.15) is 28.4 Å². The fraction of sp³-hybridized carbons (Fsp3) is 0.174. The van der Waals surface area contributed by atoms with E-state index in [1.807, 2.05) is 36.4 Å². The summed E-state index contributed by atoms with van der Waals surface area (Å²) in [6.07, 6.45) is 0.739. The Morgan fingerprint density at radius 3 is 2.57 bits per heavy atom. The summed E-state index contributed by atoms with van der Waals surface area (Å²) in [6, 6.07) is 20.1. The summed E-state index contributed by atoms with van der Waals surface area (Å²) in [5.74, 6) is -0.486. The lowest BCUT2D eigenvalue weighted by Gasteiger charge is -2.17. The third-order valence-corrected chi connectivity index (χ3v) is 5.33. The third kappa shape index (κ3) is 5.46. The molecule has 3 N–H and O–H groups in total. The van der Waals surface area contributed by atoms with E-state index >= 15 is 0 Å². The number of thiophene rings is 1. The van der Waals surface area contributed by atoms with Crippen LogP contribution in [0.15, 0.2) is 66.0 Å². The first-order valence-corrected chi connectivity index (χ1v) is 10.4. The SMILES string of the molecule is CC(Nc1ccccc1C(=O)NCCc1ccccc1)C(=O)Nc1sccc1C#N. The van der Waals surface area contributed by atoms with Gasteiger partial charge < -0.3 is 16.0 Å². The minimum Gasteiger partial charge on any atom is -0.373 e. The van der Waals surface area contributed by atoms with E-state index in [1.54, 1.807) is 42.6 Å². The van der Waals surface area contributed by atoms with Crippen molar-refractivity contribution in [1.82, 2.24) is 5.32 Å². The maximum atomic E-state index is 12.7. The maximum Gasteiger partial charge on any atom is 0.253 e. The molecule has 0 saturated carbocycles. The summed E-state index contributed by atoms with van der Waals surface area (Å²) in [6.45, 7) is 2.22. The average molecular weight is 419 g/mol. The van der Waals surface area contributed by atoms with Crippen molar-refractivity contribution in [2.75, 3.05) is 17.2 Å². The van der Waals surface area contributed by atoms with Gasteiger partial charge in [0, 0.05) is 12.2 Å². The highest BCUT2D eigenvalue weighted by Gasteiger charge is 2.18. The molecule has 2 amide bonds. The standard InChI is InChI=1S/C23H22N4O2S/c1-16(21(28)27-23-18(15-24)12-14-30-23)26-20-10-6-5-9-19(20)22(29)25-13-11-17-7-3-2-4-8-17/h2-10,12,14,16,26H,11,13H2,1H3,(H,25,29)(H,27,28). The van der Waals surface area contributed by atoms with Crippen molar-refractivity contribution in [3.05, 3.63) is 82.7 Å². The average Bonchev–Trinajstić information content (AvgIpc) is 3.21. The summed E-state index contributed by atoms with van der Waals surface area (Å²) < 4.78 is 0. The van der Waals surface area contributed by atoms with E-state index in [0.29, 0.717) is 28.4 Å². The third-order valence-electron chi connectivity index (χ3n) is 4.50. The monoisotopic (exact) mass is 418 g/mol. The van der Waals surface area contributed by atoms with Gasteiger partial charge in [-0.2, -0.15) is 5.26 Å². The Balaban J connectivity index is 1.60. The lowest BCUT2D eigenvalue weighted by atomic mass is 10.1. The number of carbonyl (C=O) groups is 2. The van der Waals surface area contributed by atoms with Crippen LogP contribution in [-0.4, -0.2) is 24.4 Å². The Kier molecular flexibility index (Phi) is 7.19. The molecule has 30 heavy (non-hydrogen) atoms. The van der Waals surface area contributed by atoms with Crippen LogP contribution in [0.3, 0.4) is 0 Å². The van der Waals surface area contributed by atoms with Gasteiger partial charge in [0.05, 0.1) is 11.1 Å². The van der Waals surface area contributed by atoms with Crippen molar-refractivity contribution >= 4 is 33.8 Å². The molecule has 0 spiro atoms. The van der Waals surface area contributed by atoms with Crippen LogP contribution in [-0.2, 0) is 11.2 Å². The highest BCUT2D eigenvalue weighted by Crippen LogP contribution is 2.23. The first-order chi connectivity index (χ1) is 14.6. The molecule has 6 nitrogen and oxygen atoms in total. The normalized spacial score (nSPS) is 11.2. The Morgan fingerprint density at radius 2 is 1.80 bits per heavy atom. The van der Waals surface area contributed by atoms with Crippen LogP contribution in [0.2, 0.25) is 0 Å². The molecule has 3 aromatic rings. The molecule has 0 radical (unpaired) electrons. The Labute approximate surface area is 179 Å². The molecular formula is C23H22N4O2S. The lowest BCUT2D eigenvalue weighted by Crippen LogP contribution is -2.33.